The van der Waals surface area contributed by atoms with Crippen LogP contribution in [0.25, 0.3) is 0 Å². The average molecular weight is 267 g/mol. The molecule has 0 bridgehead atoms. The van der Waals surface area contributed by atoms with E-state index in [1.165, 1.54) is 11.1 Å². The third-order valence-corrected chi connectivity index (χ3v) is 3.84. The van der Waals surface area contributed by atoms with Crippen LogP contribution in [0.2, 0.25) is 0 Å². The highest BCUT2D eigenvalue weighted by molar-refractivity contribution is 5.97. The fourth-order valence-corrected chi connectivity index (χ4v) is 2.78. The monoisotopic (exact) mass is 267 g/mol. The highest BCUT2D eigenvalue weighted by Gasteiger charge is 2.24. The van der Waals surface area contributed by atoms with Gasteiger partial charge in [-0.05, 0) is 48.6 Å². The number of rotatable bonds is 2. The lowest BCUT2D eigenvalue weighted by molar-refractivity contribution is 0.0934. The number of hydrogen-bond donors (Lipinski definition) is 2. The number of carbonyl (C=O) groups excluding carboxylic acids is 1. The van der Waals surface area contributed by atoms with Gasteiger partial charge in [-0.15, -0.1) is 0 Å². The van der Waals surface area contributed by atoms with Crippen LogP contribution in [0, 0.1) is 6.92 Å². The number of aryl methyl sites for hydroxylation is 2. The summed E-state index contributed by atoms with van der Waals surface area (Å²) >= 11 is 0. The molecule has 3 heteroatoms. The molecule has 2 N–H and O–H groups in total. The topological polar surface area (TPSA) is 49.3 Å². The molecule has 2 aromatic rings. The molecule has 3 rings (SSSR count). The zero-order valence-corrected chi connectivity index (χ0v) is 11.4. The summed E-state index contributed by atoms with van der Waals surface area (Å²) in [5.74, 6) is -0.182. The predicted octanol–water partition coefficient (Wildman–Crippen LogP) is 3.12. The van der Waals surface area contributed by atoms with E-state index in [4.69, 9.17) is 0 Å². The molecule has 0 heterocycles. The number of amides is 1. The van der Waals surface area contributed by atoms with E-state index in [1.54, 1.807) is 12.1 Å². The van der Waals surface area contributed by atoms with Gasteiger partial charge in [-0.3, -0.25) is 4.79 Å². The summed E-state index contributed by atoms with van der Waals surface area (Å²) in [5, 5.41) is 12.9. The molecule has 2 aromatic carbocycles. The van der Waals surface area contributed by atoms with Gasteiger partial charge < -0.3 is 10.4 Å². The first kappa shape index (κ1) is 12.7. The van der Waals surface area contributed by atoms with Crippen molar-refractivity contribution in [2.75, 3.05) is 0 Å². The Balaban J connectivity index is 1.81. The summed E-state index contributed by atoms with van der Waals surface area (Å²) in [4.78, 5) is 12.3. The van der Waals surface area contributed by atoms with Gasteiger partial charge in [-0.1, -0.05) is 30.3 Å². The fraction of sp³-hybridized carbons (Fsp3) is 0.235. The highest BCUT2D eigenvalue weighted by atomic mass is 16.3. The van der Waals surface area contributed by atoms with Crippen LogP contribution < -0.4 is 5.32 Å². The maximum Gasteiger partial charge on any atom is 0.255 e. The molecule has 1 aliphatic carbocycles. The normalized spacial score (nSPS) is 16.8. The summed E-state index contributed by atoms with van der Waals surface area (Å²) < 4.78 is 0. The molecule has 0 aromatic heterocycles. The zero-order valence-electron chi connectivity index (χ0n) is 11.4. The Kier molecular flexibility index (Phi) is 3.18. The summed E-state index contributed by atoms with van der Waals surface area (Å²) in [6.07, 6.45) is 1.90. The molecule has 102 valence electrons. The molecular formula is C17H17NO2. The molecule has 0 spiro atoms. The minimum absolute atomic E-state index is 0.0359. The molecule has 1 aliphatic rings. The van der Waals surface area contributed by atoms with Crippen LogP contribution in [0.15, 0.2) is 42.5 Å². The van der Waals surface area contributed by atoms with Crippen LogP contribution in [-0.4, -0.2) is 11.0 Å². The van der Waals surface area contributed by atoms with Gasteiger partial charge in [-0.25, -0.2) is 0 Å². The number of benzene rings is 2. The van der Waals surface area contributed by atoms with Crippen molar-refractivity contribution >= 4 is 5.91 Å². The van der Waals surface area contributed by atoms with Gasteiger partial charge in [0.05, 0.1) is 11.6 Å². The van der Waals surface area contributed by atoms with Crippen LogP contribution in [0.1, 0.15) is 39.5 Å². The van der Waals surface area contributed by atoms with Gasteiger partial charge in [-0.2, -0.15) is 0 Å². The van der Waals surface area contributed by atoms with Gasteiger partial charge in [0.2, 0.25) is 0 Å². The third-order valence-electron chi connectivity index (χ3n) is 3.84. The van der Waals surface area contributed by atoms with Gasteiger partial charge in [0, 0.05) is 0 Å². The van der Waals surface area contributed by atoms with E-state index < -0.39 is 0 Å². The van der Waals surface area contributed by atoms with Crippen molar-refractivity contribution in [1.29, 1.82) is 0 Å². The first-order valence-corrected chi connectivity index (χ1v) is 6.83. The lowest BCUT2D eigenvalue weighted by atomic mass is 10.1. The summed E-state index contributed by atoms with van der Waals surface area (Å²) in [7, 11) is 0. The lowest BCUT2D eigenvalue weighted by Crippen LogP contribution is -2.27. The van der Waals surface area contributed by atoms with Gasteiger partial charge in [0.1, 0.15) is 5.75 Å². The SMILES string of the molecule is Cc1ccc(C(=O)NC2CCc3ccccc32)c(O)c1. The first-order chi connectivity index (χ1) is 9.65. The van der Waals surface area contributed by atoms with Crippen molar-refractivity contribution in [3.63, 3.8) is 0 Å². The minimum Gasteiger partial charge on any atom is -0.507 e. The average Bonchev–Trinajstić information content (AvgIpc) is 2.82. The van der Waals surface area contributed by atoms with E-state index in [-0.39, 0.29) is 17.7 Å². The molecule has 0 saturated heterocycles. The Morgan fingerprint density at radius 3 is 2.85 bits per heavy atom. The number of phenolic OH excluding ortho intramolecular Hbond substituents is 1. The van der Waals surface area contributed by atoms with Crippen molar-refractivity contribution in [3.05, 3.63) is 64.7 Å². The largest absolute Gasteiger partial charge is 0.507 e. The van der Waals surface area contributed by atoms with Crippen LogP contribution in [0.3, 0.4) is 0 Å². The molecule has 0 saturated carbocycles. The standard InChI is InChI=1S/C17H17NO2/c1-11-6-8-14(16(19)10-11)17(20)18-15-9-7-12-4-2-3-5-13(12)15/h2-6,8,10,15,19H,7,9H2,1H3,(H,18,20). The molecule has 1 unspecified atom stereocenters. The third kappa shape index (κ3) is 2.27. The number of hydrogen-bond acceptors (Lipinski definition) is 2. The Labute approximate surface area is 118 Å². The van der Waals surface area contributed by atoms with E-state index in [1.807, 2.05) is 25.1 Å². The van der Waals surface area contributed by atoms with Crippen molar-refractivity contribution in [2.24, 2.45) is 0 Å². The van der Waals surface area contributed by atoms with Crippen molar-refractivity contribution in [2.45, 2.75) is 25.8 Å². The molecule has 1 atom stereocenters. The van der Waals surface area contributed by atoms with E-state index >= 15 is 0 Å². The Morgan fingerprint density at radius 2 is 2.05 bits per heavy atom. The molecule has 3 nitrogen and oxygen atoms in total. The zero-order chi connectivity index (χ0) is 14.1. The molecule has 1 amide bonds. The summed E-state index contributed by atoms with van der Waals surface area (Å²) in [6.45, 7) is 1.88. The maximum atomic E-state index is 12.3. The van der Waals surface area contributed by atoms with E-state index in [0.717, 1.165) is 18.4 Å². The predicted molar refractivity (Wildman–Crippen MR) is 77.8 cm³/mol. The van der Waals surface area contributed by atoms with Crippen molar-refractivity contribution < 1.29 is 9.90 Å². The van der Waals surface area contributed by atoms with Crippen molar-refractivity contribution in [1.82, 2.24) is 5.32 Å². The number of aromatic hydroxyl groups is 1. The second-order valence-corrected chi connectivity index (χ2v) is 5.28. The van der Waals surface area contributed by atoms with E-state index in [0.29, 0.717) is 5.56 Å². The number of fused-ring (bicyclic) bond motifs is 1. The molecule has 20 heavy (non-hydrogen) atoms. The van der Waals surface area contributed by atoms with Crippen LogP contribution >= 0.6 is 0 Å². The van der Waals surface area contributed by atoms with Gasteiger partial charge >= 0.3 is 0 Å². The number of phenols is 1. The highest BCUT2D eigenvalue weighted by Crippen LogP contribution is 2.31. The summed E-state index contributed by atoms with van der Waals surface area (Å²) in [6, 6.07) is 13.3. The van der Waals surface area contributed by atoms with E-state index in [9.17, 15) is 9.90 Å². The number of carbonyl (C=O) groups is 1. The fourth-order valence-electron chi connectivity index (χ4n) is 2.78. The molecular weight excluding hydrogens is 250 g/mol. The van der Waals surface area contributed by atoms with Crippen LogP contribution in [0.4, 0.5) is 0 Å². The molecule has 0 fully saturated rings. The molecule has 0 aliphatic heterocycles. The minimum atomic E-state index is -0.218. The second-order valence-electron chi connectivity index (χ2n) is 5.28. The quantitative estimate of drug-likeness (QED) is 0.878. The Hall–Kier alpha value is -2.29. The second kappa shape index (κ2) is 5.00. The maximum absolute atomic E-state index is 12.3. The number of nitrogens with one attached hydrogen (secondary N) is 1. The molecule has 0 radical (unpaired) electrons. The van der Waals surface area contributed by atoms with Crippen molar-refractivity contribution in [3.8, 4) is 5.75 Å². The van der Waals surface area contributed by atoms with Crippen LogP contribution in [0.5, 0.6) is 5.75 Å². The first-order valence-electron chi connectivity index (χ1n) is 6.83. The van der Waals surface area contributed by atoms with Gasteiger partial charge in [0.25, 0.3) is 5.91 Å². The van der Waals surface area contributed by atoms with E-state index in [2.05, 4.69) is 17.4 Å². The summed E-state index contributed by atoms with van der Waals surface area (Å²) in [5.41, 5.74) is 3.75. The van der Waals surface area contributed by atoms with Gasteiger partial charge in [0.15, 0.2) is 0 Å². The van der Waals surface area contributed by atoms with Crippen LogP contribution in [-0.2, 0) is 6.42 Å². The lowest BCUT2D eigenvalue weighted by Gasteiger charge is -2.15. The smallest absolute Gasteiger partial charge is 0.255 e. The Bertz CT molecular complexity index is 664. The Morgan fingerprint density at radius 1 is 1.25 bits per heavy atom.